The highest BCUT2D eigenvalue weighted by molar-refractivity contribution is 5.79. The quantitative estimate of drug-likeness (QED) is 0.884. The minimum absolute atomic E-state index is 0.0197. The van der Waals surface area contributed by atoms with E-state index in [1.165, 1.54) is 0 Å². The van der Waals surface area contributed by atoms with Crippen LogP contribution in [0.15, 0.2) is 27.2 Å². The number of rotatable bonds is 5. The Morgan fingerprint density at radius 1 is 1.45 bits per heavy atom. The van der Waals surface area contributed by atoms with Gasteiger partial charge in [-0.3, -0.25) is 4.79 Å². The number of furan rings is 1. The average Bonchev–Trinajstić information content (AvgIpc) is 3.21. The number of aromatic nitrogens is 1. The van der Waals surface area contributed by atoms with Crippen LogP contribution in [0, 0.1) is 6.92 Å². The molecule has 0 atom stereocenters. The van der Waals surface area contributed by atoms with Crippen LogP contribution in [0.5, 0.6) is 0 Å². The Kier molecular flexibility index (Phi) is 4.02. The predicted octanol–water partition coefficient (Wildman–Crippen LogP) is 2.21. The molecule has 1 saturated carbocycles. The monoisotopic (exact) mass is 304 g/mol. The fourth-order valence-electron chi connectivity index (χ4n) is 2.96. The summed E-state index contributed by atoms with van der Waals surface area (Å²) in [5.74, 6) is 1.38. The highest BCUT2D eigenvalue weighted by atomic mass is 16.4. The van der Waals surface area contributed by atoms with Gasteiger partial charge in [-0.1, -0.05) is 12.8 Å². The maximum absolute atomic E-state index is 12.3. The van der Waals surface area contributed by atoms with E-state index in [-0.39, 0.29) is 18.9 Å². The summed E-state index contributed by atoms with van der Waals surface area (Å²) in [6.07, 6.45) is 5.40. The molecule has 6 nitrogen and oxygen atoms in total. The molecule has 0 aromatic carbocycles. The number of carbonyl (C=O) groups is 1. The molecule has 22 heavy (non-hydrogen) atoms. The molecule has 118 valence electrons. The summed E-state index contributed by atoms with van der Waals surface area (Å²) in [7, 11) is 0. The normalized spacial score (nSPS) is 16.8. The van der Waals surface area contributed by atoms with Crippen molar-refractivity contribution in [1.29, 1.82) is 0 Å². The van der Waals surface area contributed by atoms with Gasteiger partial charge in [0.05, 0.1) is 30.5 Å². The molecular weight excluding hydrogens is 284 g/mol. The van der Waals surface area contributed by atoms with E-state index in [4.69, 9.17) is 8.83 Å². The number of carbonyl (C=O) groups excluding carboxylic acids is 1. The van der Waals surface area contributed by atoms with Gasteiger partial charge in [0.1, 0.15) is 5.76 Å². The standard InChI is InChI=1S/C16H20N2O4/c1-11-12(17-15(22-11)13-5-4-8-21-13)9-14(20)18-16(10-19)6-2-3-7-16/h4-5,8,19H,2-3,6-7,9-10H2,1H3,(H,18,20). The molecule has 2 aromatic rings. The molecule has 0 bridgehead atoms. The van der Waals surface area contributed by atoms with Gasteiger partial charge in [-0.15, -0.1) is 0 Å². The lowest BCUT2D eigenvalue weighted by molar-refractivity contribution is -0.123. The number of aliphatic hydroxyl groups is 1. The van der Waals surface area contributed by atoms with Crippen LogP contribution in [0.1, 0.15) is 37.1 Å². The van der Waals surface area contributed by atoms with Crippen LogP contribution < -0.4 is 5.32 Å². The summed E-state index contributed by atoms with van der Waals surface area (Å²) in [5.41, 5.74) is 0.133. The number of aryl methyl sites for hydroxylation is 1. The van der Waals surface area contributed by atoms with Crippen molar-refractivity contribution in [1.82, 2.24) is 10.3 Å². The van der Waals surface area contributed by atoms with Gasteiger partial charge in [0.2, 0.25) is 5.91 Å². The number of nitrogens with one attached hydrogen (secondary N) is 1. The van der Waals surface area contributed by atoms with Crippen molar-refractivity contribution in [3.8, 4) is 11.7 Å². The molecular formula is C16H20N2O4. The maximum atomic E-state index is 12.3. The average molecular weight is 304 g/mol. The third-order valence-corrected chi connectivity index (χ3v) is 4.22. The molecule has 0 spiro atoms. The smallest absolute Gasteiger partial charge is 0.263 e. The number of amides is 1. The lowest BCUT2D eigenvalue weighted by atomic mass is 9.98. The lowest BCUT2D eigenvalue weighted by Gasteiger charge is -2.27. The van der Waals surface area contributed by atoms with Crippen LogP contribution in [-0.4, -0.2) is 28.1 Å². The molecule has 1 amide bonds. The van der Waals surface area contributed by atoms with E-state index in [2.05, 4.69) is 10.3 Å². The number of hydrogen-bond acceptors (Lipinski definition) is 5. The van der Waals surface area contributed by atoms with Crippen molar-refractivity contribution in [3.05, 3.63) is 29.9 Å². The Morgan fingerprint density at radius 3 is 2.86 bits per heavy atom. The number of hydrogen-bond donors (Lipinski definition) is 2. The van der Waals surface area contributed by atoms with Crippen molar-refractivity contribution in [2.75, 3.05) is 6.61 Å². The van der Waals surface area contributed by atoms with Crippen LogP contribution >= 0.6 is 0 Å². The summed E-state index contributed by atoms with van der Waals surface area (Å²) in [4.78, 5) is 16.6. The number of aliphatic hydroxyl groups excluding tert-OH is 1. The van der Waals surface area contributed by atoms with Crippen LogP contribution in [0.2, 0.25) is 0 Å². The first-order valence-corrected chi connectivity index (χ1v) is 7.54. The molecule has 2 aromatic heterocycles. The van der Waals surface area contributed by atoms with E-state index in [1.807, 2.05) is 0 Å². The number of oxazole rings is 1. The van der Waals surface area contributed by atoms with Gasteiger partial charge in [-0.2, -0.15) is 0 Å². The summed E-state index contributed by atoms with van der Waals surface area (Å²) in [6.45, 7) is 1.76. The van der Waals surface area contributed by atoms with E-state index < -0.39 is 5.54 Å². The van der Waals surface area contributed by atoms with E-state index in [0.29, 0.717) is 23.1 Å². The molecule has 2 N–H and O–H groups in total. The molecule has 0 unspecified atom stereocenters. The van der Waals surface area contributed by atoms with Crippen molar-refractivity contribution in [2.24, 2.45) is 0 Å². The van der Waals surface area contributed by atoms with Gasteiger partial charge in [-0.25, -0.2) is 4.98 Å². The zero-order valence-corrected chi connectivity index (χ0v) is 12.6. The molecule has 6 heteroatoms. The zero-order valence-electron chi connectivity index (χ0n) is 12.6. The minimum atomic E-state index is -0.460. The van der Waals surface area contributed by atoms with Gasteiger partial charge >= 0.3 is 0 Å². The number of nitrogens with zero attached hydrogens (tertiary/aromatic N) is 1. The molecule has 2 heterocycles. The topological polar surface area (TPSA) is 88.5 Å². The maximum Gasteiger partial charge on any atom is 0.263 e. The molecule has 0 radical (unpaired) electrons. The van der Waals surface area contributed by atoms with E-state index in [1.54, 1.807) is 25.3 Å². The summed E-state index contributed by atoms with van der Waals surface area (Å²) < 4.78 is 10.8. The van der Waals surface area contributed by atoms with E-state index >= 15 is 0 Å². The van der Waals surface area contributed by atoms with Crippen molar-refractivity contribution in [2.45, 2.75) is 44.6 Å². The summed E-state index contributed by atoms with van der Waals surface area (Å²) in [5, 5.41) is 12.5. The van der Waals surface area contributed by atoms with Gasteiger partial charge in [0, 0.05) is 0 Å². The van der Waals surface area contributed by atoms with E-state index in [0.717, 1.165) is 25.7 Å². The lowest BCUT2D eigenvalue weighted by Crippen LogP contribution is -2.49. The first-order valence-electron chi connectivity index (χ1n) is 7.54. The van der Waals surface area contributed by atoms with Crippen LogP contribution in [0.25, 0.3) is 11.7 Å². The van der Waals surface area contributed by atoms with Gasteiger partial charge in [-0.05, 0) is 31.9 Å². The fraction of sp³-hybridized carbons (Fsp3) is 0.500. The third kappa shape index (κ3) is 2.92. The fourth-order valence-corrected chi connectivity index (χ4v) is 2.96. The summed E-state index contributed by atoms with van der Waals surface area (Å²) >= 11 is 0. The largest absolute Gasteiger partial charge is 0.459 e. The SMILES string of the molecule is Cc1oc(-c2ccco2)nc1CC(=O)NC1(CO)CCCC1. The molecule has 1 aliphatic carbocycles. The molecule has 1 aliphatic rings. The van der Waals surface area contributed by atoms with Gasteiger partial charge in [0.25, 0.3) is 5.89 Å². The Bertz CT molecular complexity index is 639. The predicted molar refractivity (Wildman–Crippen MR) is 79.1 cm³/mol. The van der Waals surface area contributed by atoms with Crippen molar-refractivity contribution in [3.63, 3.8) is 0 Å². The van der Waals surface area contributed by atoms with Gasteiger partial charge < -0.3 is 19.3 Å². The molecule has 1 fully saturated rings. The van der Waals surface area contributed by atoms with Crippen LogP contribution in [0.4, 0.5) is 0 Å². The minimum Gasteiger partial charge on any atom is -0.459 e. The molecule has 0 aliphatic heterocycles. The van der Waals surface area contributed by atoms with Crippen molar-refractivity contribution < 1.29 is 18.7 Å². The molecule has 3 rings (SSSR count). The molecule has 0 saturated heterocycles. The Balaban J connectivity index is 1.69. The third-order valence-electron chi connectivity index (χ3n) is 4.22. The second-order valence-electron chi connectivity index (χ2n) is 5.87. The Morgan fingerprint density at radius 2 is 2.23 bits per heavy atom. The Hall–Kier alpha value is -2.08. The Labute approximate surface area is 128 Å². The second-order valence-corrected chi connectivity index (χ2v) is 5.87. The van der Waals surface area contributed by atoms with E-state index in [9.17, 15) is 9.90 Å². The van der Waals surface area contributed by atoms with Crippen LogP contribution in [0.3, 0.4) is 0 Å². The van der Waals surface area contributed by atoms with Crippen molar-refractivity contribution >= 4 is 5.91 Å². The first kappa shape index (κ1) is 14.8. The second kappa shape index (κ2) is 5.96. The summed E-state index contributed by atoms with van der Waals surface area (Å²) in [6, 6.07) is 3.51. The highest BCUT2D eigenvalue weighted by Crippen LogP contribution is 2.29. The van der Waals surface area contributed by atoms with Gasteiger partial charge in [0.15, 0.2) is 5.76 Å². The van der Waals surface area contributed by atoms with Crippen LogP contribution in [-0.2, 0) is 11.2 Å². The zero-order chi connectivity index (χ0) is 15.6. The highest BCUT2D eigenvalue weighted by Gasteiger charge is 2.34. The first-order chi connectivity index (χ1) is 10.6.